The molecule has 0 aliphatic heterocycles. The number of hydrogen-bond acceptors (Lipinski definition) is 0. The van der Waals surface area contributed by atoms with Gasteiger partial charge in [-0.15, -0.1) is 0 Å². The molecule has 0 spiro atoms. The molecule has 0 saturated carbocycles. The molecule has 3 aromatic carbocycles. The Morgan fingerprint density at radius 1 is 0.450 bits per heavy atom. The molecule has 0 N–H and O–H groups in total. The van der Waals surface area contributed by atoms with E-state index < -0.39 is 0 Å². The fraction of sp³-hybridized carbons (Fsp3) is 0.0526. The van der Waals surface area contributed by atoms with Crippen LogP contribution in [-0.4, -0.2) is 23.0 Å². The summed E-state index contributed by atoms with van der Waals surface area (Å²) >= 11 is 1.84. The Morgan fingerprint density at radius 2 is 0.700 bits per heavy atom. The summed E-state index contributed by atoms with van der Waals surface area (Å²) in [5.41, 5.74) is 4.02. The van der Waals surface area contributed by atoms with E-state index in [1.165, 1.54) is 16.7 Å². The fourth-order valence-electron chi connectivity index (χ4n) is 2.54. The topological polar surface area (TPSA) is 0 Å². The van der Waals surface area contributed by atoms with Gasteiger partial charge in [0.25, 0.3) is 0 Å². The monoisotopic (exact) mass is 364 g/mol. The Bertz CT molecular complexity index is 563. The quantitative estimate of drug-likeness (QED) is 0.483. The summed E-state index contributed by atoms with van der Waals surface area (Å²) in [4.78, 5) is 0. The van der Waals surface area contributed by atoms with E-state index in [4.69, 9.17) is 0 Å². The molecule has 0 amide bonds. The van der Waals surface area contributed by atoms with Gasteiger partial charge in [-0.1, -0.05) is 0 Å². The van der Waals surface area contributed by atoms with Gasteiger partial charge < -0.3 is 0 Å². The first-order chi connectivity index (χ1) is 9.82. The van der Waals surface area contributed by atoms with Crippen molar-refractivity contribution in [2.45, 2.75) is 3.36 Å². The molecule has 0 nitrogen and oxygen atoms in total. The van der Waals surface area contributed by atoms with Crippen molar-refractivity contribution >= 4 is 23.0 Å². The molecule has 0 aliphatic rings. The summed E-state index contributed by atoms with van der Waals surface area (Å²) in [6, 6.07) is 32.3. The third-order valence-corrected chi connectivity index (χ3v) is 5.79. The van der Waals surface area contributed by atoms with E-state index in [0.717, 1.165) is 0 Å². The van der Waals surface area contributed by atoms with E-state index >= 15 is 0 Å². The van der Waals surface area contributed by atoms with Crippen LogP contribution in [0.15, 0.2) is 91.0 Å². The summed E-state index contributed by atoms with van der Waals surface area (Å²) in [5, 5.41) is 0. The maximum atomic E-state index is 2.22. The molecule has 20 heavy (non-hydrogen) atoms. The molecular weight excluding hydrogens is 350 g/mol. The van der Waals surface area contributed by atoms with Crippen LogP contribution in [0, 0.1) is 0 Å². The molecule has 0 bridgehead atoms. The molecular formula is C19H15Sb. The number of hydrogen-bond donors (Lipinski definition) is 0. The van der Waals surface area contributed by atoms with E-state index in [0.29, 0.717) is 0 Å². The van der Waals surface area contributed by atoms with Crippen LogP contribution in [0.25, 0.3) is 0 Å². The second-order valence-corrected chi connectivity index (χ2v) is 6.72. The summed E-state index contributed by atoms with van der Waals surface area (Å²) in [6.07, 6.45) is 0. The second kappa shape index (κ2) is 5.85. The molecule has 0 fully saturated rings. The van der Waals surface area contributed by atoms with Crippen LogP contribution in [0.3, 0.4) is 0 Å². The molecule has 0 atom stereocenters. The molecule has 3 aromatic rings. The Labute approximate surface area is 134 Å². The maximum absolute atomic E-state index is 2.22. The van der Waals surface area contributed by atoms with Crippen molar-refractivity contribution in [3.63, 3.8) is 0 Å². The third kappa shape index (κ3) is 2.41. The molecule has 3 rings (SSSR count). The van der Waals surface area contributed by atoms with Crippen LogP contribution in [0.4, 0.5) is 0 Å². The van der Waals surface area contributed by atoms with Crippen molar-refractivity contribution in [2.24, 2.45) is 0 Å². The van der Waals surface area contributed by atoms with Crippen molar-refractivity contribution in [1.29, 1.82) is 0 Å². The zero-order valence-electron chi connectivity index (χ0n) is 11.1. The number of benzene rings is 3. The minimum atomic E-state index is -0.0713. The SMILES string of the molecule is [Sb][C](c1ccccc1)(c1ccccc1)c1ccccc1. The van der Waals surface area contributed by atoms with Gasteiger partial charge in [0.1, 0.15) is 0 Å². The van der Waals surface area contributed by atoms with Gasteiger partial charge in [-0.3, -0.25) is 0 Å². The molecule has 0 aromatic heterocycles. The van der Waals surface area contributed by atoms with Crippen molar-refractivity contribution in [2.75, 3.05) is 0 Å². The Balaban J connectivity index is 2.24. The van der Waals surface area contributed by atoms with Crippen molar-refractivity contribution in [3.05, 3.63) is 108 Å². The van der Waals surface area contributed by atoms with Crippen molar-refractivity contribution in [3.8, 4) is 0 Å². The van der Waals surface area contributed by atoms with Gasteiger partial charge in [0.2, 0.25) is 0 Å². The predicted molar refractivity (Wildman–Crippen MR) is 85.0 cm³/mol. The molecule has 0 aliphatic carbocycles. The first kappa shape index (κ1) is 13.5. The van der Waals surface area contributed by atoms with E-state index in [2.05, 4.69) is 91.0 Å². The third-order valence-electron chi connectivity index (χ3n) is 3.57. The summed E-state index contributed by atoms with van der Waals surface area (Å²) < 4.78 is -0.0713. The van der Waals surface area contributed by atoms with E-state index in [1.54, 1.807) is 0 Å². The standard InChI is InChI=1S/C19H15.Sb/c1-4-10-16(11-5-1)19(17-12-6-2-7-13-17)18-14-8-3-9-15-18;/h1-15H;. The van der Waals surface area contributed by atoms with E-state index in [-0.39, 0.29) is 3.36 Å². The average Bonchev–Trinajstić information content (AvgIpc) is 2.56. The van der Waals surface area contributed by atoms with Crippen LogP contribution in [0.2, 0.25) is 0 Å². The van der Waals surface area contributed by atoms with Crippen molar-refractivity contribution in [1.82, 2.24) is 0 Å². The number of rotatable bonds is 3. The van der Waals surface area contributed by atoms with Crippen LogP contribution >= 0.6 is 0 Å². The normalized spacial score (nSPS) is 11.2. The van der Waals surface area contributed by atoms with Gasteiger partial charge in [-0.05, 0) is 0 Å². The van der Waals surface area contributed by atoms with Crippen LogP contribution in [0.1, 0.15) is 16.7 Å². The van der Waals surface area contributed by atoms with Gasteiger partial charge >= 0.3 is 134 Å². The molecule has 2 radical (unpaired) electrons. The summed E-state index contributed by atoms with van der Waals surface area (Å²) in [5.74, 6) is 0. The summed E-state index contributed by atoms with van der Waals surface area (Å²) in [7, 11) is 0. The van der Waals surface area contributed by atoms with Gasteiger partial charge in [0, 0.05) is 0 Å². The molecule has 1 heteroatoms. The minimum absolute atomic E-state index is 0.0713. The van der Waals surface area contributed by atoms with Crippen molar-refractivity contribution < 1.29 is 0 Å². The van der Waals surface area contributed by atoms with E-state index in [9.17, 15) is 0 Å². The Hall–Kier alpha value is -1.52. The zero-order valence-corrected chi connectivity index (χ0v) is 13.7. The molecule has 96 valence electrons. The van der Waals surface area contributed by atoms with E-state index in [1.807, 2.05) is 23.0 Å². The Kier molecular flexibility index (Phi) is 3.94. The Morgan fingerprint density at radius 3 is 0.950 bits per heavy atom. The second-order valence-electron chi connectivity index (χ2n) is 4.81. The van der Waals surface area contributed by atoms with Crippen LogP contribution in [0.5, 0.6) is 0 Å². The average molecular weight is 365 g/mol. The van der Waals surface area contributed by atoms with Gasteiger partial charge in [-0.25, -0.2) is 0 Å². The van der Waals surface area contributed by atoms with Gasteiger partial charge in [-0.2, -0.15) is 0 Å². The molecule has 0 unspecified atom stereocenters. The van der Waals surface area contributed by atoms with Crippen LogP contribution < -0.4 is 0 Å². The first-order valence-corrected chi connectivity index (χ1v) is 7.98. The predicted octanol–water partition coefficient (Wildman–Crippen LogP) is 4.15. The molecule has 0 saturated heterocycles. The van der Waals surface area contributed by atoms with Gasteiger partial charge in [0.15, 0.2) is 0 Å². The van der Waals surface area contributed by atoms with Gasteiger partial charge in [0.05, 0.1) is 0 Å². The first-order valence-electron chi connectivity index (χ1n) is 6.71. The molecule has 0 heterocycles. The van der Waals surface area contributed by atoms with Crippen LogP contribution in [-0.2, 0) is 3.36 Å². The summed E-state index contributed by atoms with van der Waals surface area (Å²) in [6.45, 7) is 0. The fourth-order valence-corrected chi connectivity index (χ4v) is 3.81. The zero-order chi connectivity index (χ0) is 13.8.